The predicted molar refractivity (Wildman–Crippen MR) is 59.7 cm³/mol. The Morgan fingerprint density at radius 2 is 2.36 bits per heavy atom. The number of phenols is 1. The highest BCUT2D eigenvalue weighted by atomic mass is 32.2. The highest BCUT2D eigenvalue weighted by molar-refractivity contribution is 8.00. The summed E-state index contributed by atoms with van der Waals surface area (Å²) < 4.78 is 0. The Labute approximate surface area is 88.5 Å². The summed E-state index contributed by atoms with van der Waals surface area (Å²) in [7, 11) is 0. The molecule has 1 aromatic carbocycles. The molecule has 2 rings (SSSR count). The smallest absolute Gasteiger partial charge is 0.115 e. The zero-order valence-corrected chi connectivity index (χ0v) is 8.89. The van der Waals surface area contributed by atoms with E-state index in [9.17, 15) is 5.11 Å². The van der Waals surface area contributed by atoms with Crippen molar-refractivity contribution in [3.63, 3.8) is 0 Å². The minimum Gasteiger partial charge on any atom is -0.508 e. The quantitative estimate of drug-likeness (QED) is 0.801. The van der Waals surface area contributed by atoms with Crippen molar-refractivity contribution in [3.8, 4) is 5.75 Å². The molecule has 0 amide bonds. The minimum absolute atomic E-state index is 0.379. The topological polar surface area (TPSA) is 46.2 Å². The van der Waals surface area contributed by atoms with Crippen LogP contribution in [0.1, 0.15) is 18.4 Å². The zero-order chi connectivity index (χ0) is 9.97. The Bertz CT molecular complexity index is 327. The number of phenolic OH excluding ortho intramolecular Hbond substituents is 1. The molecule has 0 fully saturated rings. The summed E-state index contributed by atoms with van der Waals surface area (Å²) in [6.07, 6.45) is 3.35. The number of benzene rings is 1. The molecule has 14 heavy (non-hydrogen) atoms. The van der Waals surface area contributed by atoms with E-state index in [-0.39, 0.29) is 0 Å². The van der Waals surface area contributed by atoms with Gasteiger partial charge in [-0.05, 0) is 49.6 Å². The standard InChI is InChI=1S/C11H15NOS/c12-5-1-2-10-7-8-6-9(13)3-4-11(8)14-10/h3-4,6,10,13H,1-2,5,7,12H2. The van der Waals surface area contributed by atoms with Crippen molar-refractivity contribution >= 4 is 11.8 Å². The largest absolute Gasteiger partial charge is 0.508 e. The second-order valence-electron chi connectivity index (χ2n) is 3.67. The van der Waals surface area contributed by atoms with Crippen LogP contribution < -0.4 is 5.73 Å². The lowest BCUT2D eigenvalue weighted by Crippen LogP contribution is -2.05. The molecule has 0 aliphatic carbocycles. The fraction of sp³-hybridized carbons (Fsp3) is 0.455. The molecule has 0 spiro atoms. The second kappa shape index (κ2) is 4.24. The Morgan fingerprint density at radius 1 is 1.50 bits per heavy atom. The monoisotopic (exact) mass is 209 g/mol. The van der Waals surface area contributed by atoms with E-state index in [1.54, 1.807) is 6.07 Å². The highest BCUT2D eigenvalue weighted by Gasteiger charge is 2.21. The average Bonchev–Trinajstić information content (AvgIpc) is 2.56. The lowest BCUT2D eigenvalue weighted by molar-refractivity contribution is 0.474. The van der Waals surface area contributed by atoms with Crippen LogP contribution in [0.25, 0.3) is 0 Å². The number of thioether (sulfide) groups is 1. The lowest BCUT2D eigenvalue weighted by atomic mass is 10.1. The lowest BCUT2D eigenvalue weighted by Gasteiger charge is -2.05. The predicted octanol–water partition coefficient (Wildman–Crippen LogP) is 2.15. The van der Waals surface area contributed by atoms with Crippen LogP contribution in [0.15, 0.2) is 23.1 Å². The first-order valence-electron chi connectivity index (χ1n) is 4.98. The third kappa shape index (κ3) is 2.04. The maximum Gasteiger partial charge on any atom is 0.115 e. The van der Waals surface area contributed by atoms with E-state index in [2.05, 4.69) is 0 Å². The van der Waals surface area contributed by atoms with Gasteiger partial charge < -0.3 is 10.8 Å². The molecule has 0 aromatic heterocycles. The summed E-state index contributed by atoms with van der Waals surface area (Å²) in [4.78, 5) is 1.32. The van der Waals surface area contributed by atoms with Gasteiger partial charge in [-0.15, -0.1) is 11.8 Å². The van der Waals surface area contributed by atoms with E-state index in [1.165, 1.54) is 16.9 Å². The van der Waals surface area contributed by atoms with E-state index in [0.29, 0.717) is 11.0 Å². The van der Waals surface area contributed by atoms with Gasteiger partial charge in [-0.3, -0.25) is 0 Å². The van der Waals surface area contributed by atoms with Crippen LogP contribution in [0.4, 0.5) is 0 Å². The van der Waals surface area contributed by atoms with Crippen LogP contribution in [-0.4, -0.2) is 16.9 Å². The van der Waals surface area contributed by atoms with Crippen LogP contribution in [0.2, 0.25) is 0 Å². The van der Waals surface area contributed by atoms with Gasteiger partial charge >= 0.3 is 0 Å². The molecule has 1 atom stereocenters. The zero-order valence-electron chi connectivity index (χ0n) is 8.07. The van der Waals surface area contributed by atoms with Gasteiger partial charge in [0.1, 0.15) is 5.75 Å². The second-order valence-corrected chi connectivity index (χ2v) is 5.01. The fourth-order valence-electron chi connectivity index (χ4n) is 1.81. The Hall–Kier alpha value is -0.670. The molecule has 3 heteroatoms. The Morgan fingerprint density at radius 3 is 3.14 bits per heavy atom. The molecule has 0 saturated heterocycles. The summed E-state index contributed by atoms with van der Waals surface area (Å²) in [5, 5.41) is 9.99. The van der Waals surface area contributed by atoms with Crippen LogP contribution >= 0.6 is 11.8 Å². The molecule has 1 aromatic rings. The van der Waals surface area contributed by atoms with E-state index in [0.717, 1.165) is 19.4 Å². The average molecular weight is 209 g/mol. The van der Waals surface area contributed by atoms with E-state index < -0.39 is 0 Å². The van der Waals surface area contributed by atoms with Crippen molar-refractivity contribution < 1.29 is 5.11 Å². The van der Waals surface area contributed by atoms with Crippen molar-refractivity contribution in [1.29, 1.82) is 0 Å². The molecule has 2 nitrogen and oxygen atoms in total. The summed E-state index contributed by atoms with van der Waals surface area (Å²) in [6, 6.07) is 5.65. The van der Waals surface area contributed by atoms with Crippen molar-refractivity contribution in [1.82, 2.24) is 0 Å². The third-order valence-electron chi connectivity index (χ3n) is 2.52. The van der Waals surface area contributed by atoms with Gasteiger partial charge in [-0.1, -0.05) is 0 Å². The van der Waals surface area contributed by atoms with Gasteiger partial charge in [0.2, 0.25) is 0 Å². The molecular weight excluding hydrogens is 194 g/mol. The van der Waals surface area contributed by atoms with E-state index in [1.807, 2.05) is 23.9 Å². The first-order valence-corrected chi connectivity index (χ1v) is 5.86. The van der Waals surface area contributed by atoms with Gasteiger partial charge in [-0.25, -0.2) is 0 Å². The normalized spacial score (nSPS) is 19.6. The molecule has 1 heterocycles. The van der Waals surface area contributed by atoms with Gasteiger partial charge in [0.25, 0.3) is 0 Å². The molecule has 0 saturated carbocycles. The third-order valence-corrected chi connectivity index (χ3v) is 3.90. The van der Waals surface area contributed by atoms with Gasteiger partial charge in [-0.2, -0.15) is 0 Å². The maximum absolute atomic E-state index is 9.33. The number of nitrogens with two attached hydrogens (primary N) is 1. The van der Waals surface area contributed by atoms with Crippen molar-refractivity contribution in [2.24, 2.45) is 5.73 Å². The van der Waals surface area contributed by atoms with Crippen molar-refractivity contribution in [2.45, 2.75) is 29.4 Å². The highest BCUT2D eigenvalue weighted by Crippen LogP contribution is 2.40. The Balaban J connectivity index is 2.03. The molecule has 1 unspecified atom stereocenters. The van der Waals surface area contributed by atoms with Gasteiger partial charge in [0.05, 0.1) is 0 Å². The molecule has 1 aliphatic rings. The maximum atomic E-state index is 9.33. The van der Waals surface area contributed by atoms with Crippen LogP contribution in [-0.2, 0) is 6.42 Å². The summed E-state index contributed by atoms with van der Waals surface area (Å²) in [5.41, 5.74) is 6.78. The summed E-state index contributed by atoms with van der Waals surface area (Å²) in [5.74, 6) is 0.379. The summed E-state index contributed by atoms with van der Waals surface area (Å²) >= 11 is 1.92. The number of fused-ring (bicyclic) bond motifs is 1. The van der Waals surface area contributed by atoms with Crippen molar-refractivity contribution in [3.05, 3.63) is 23.8 Å². The minimum atomic E-state index is 0.379. The first kappa shape index (κ1) is 9.87. The SMILES string of the molecule is NCCCC1Cc2cc(O)ccc2S1. The van der Waals surface area contributed by atoms with Crippen LogP contribution in [0.3, 0.4) is 0 Å². The van der Waals surface area contributed by atoms with Crippen LogP contribution in [0, 0.1) is 0 Å². The molecule has 3 N–H and O–H groups in total. The van der Waals surface area contributed by atoms with Gasteiger partial charge in [0.15, 0.2) is 0 Å². The fourth-order valence-corrected chi connectivity index (χ4v) is 3.16. The van der Waals surface area contributed by atoms with E-state index in [4.69, 9.17) is 5.73 Å². The van der Waals surface area contributed by atoms with Crippen LogP contribution in [0.5, 0.6) is 5.75 Å². The number of rotatable bonds is 3. The first-order chi connectivity index (χ1) is 6.79. The molecule has 1 aliphatic heterocycles. The number of hydrogen-bond donors (Lipinski definition) is 2. The molecule has 76 valence electrons. The number of hydrogen-bond acceptors (Lipinski definition) is 3. The summed E-state index contributed by atoms with van der Waals surface area (Å²) in [6.45, 7) is 0.776. The number of aromatic hydroxyl groups is 1. The van der Waals surface area contributed by atoms with E-state index >= 15 is 0 Å². The Kier molecular flexibility index (Phi) is 2.99. The molecular formula is C11H15NOS. The van der Waals surface area contributed by atoms with Gasteiger partial charge in [0, 0.05) is 10.1 Å². The molecule has 0 bridgehead atoms. The van der Waals surface area contributed by atoms with Crippen molar-refractivity contribution in [2.75, 3.05) is 6.54 Å². The molecule has 0 radical (unpaired) electrons.